The maximum Gasteiger partial charge on any atom is 0.223 e. The van der Waals surface area contributed by atoms with Gasteiger partial charge in [0.15, 0.2) is 0 Å². The minimum Gasteiger partial charge on any atom is -0.352 e. The molecule has 1 aliphatic rings. The predicted octanol–water partition coefficient (Wildman–Crippen LogP) is 2.16. The van der Waals surface area contributed by atoms with Crippen molar-refractivity contribution in [1.82, 2.24) is 5.32 Å². The van der Waals surface area contributed by atoms with Crippen LogP contribution in [0.3, 0.4) is 0 Å². The molecule has 1 aliphatic carbocycles. The Morgan fingerprint density at radius 3 is 3.00 bits per heavy atom. The second-order valence-corrected chi connectivity index (χ2v) is 4.26. The number of carbonyl (C=O) groups is 1. The van der Waals surface area contributed by atoms with Crippen LogP contribution in [0.1, 0.15) is 24.8 Å². The molecule has 1 N–H and O–H groups in total. The molecule has 1 saturated carbocycles. The molecule has 1 fully saturated rings. The highest BCUT2D eigenvalue weighted by Crippen LogP contribution is 2.26. The molecule has 1 amide bonds. The summed E-state index contributed by atoms with van der Waals surface area (Å²) in [6, 6.07) is 2.05. The number of nitrogens with one attached hydrogen (secondary N) is 1. The van der Waals surface area contributed by atoms with Crippen molar-refractivity contribution < 1.29 is 4.79 Å². The highest BCUT2D eigenvalue weighted by atomic mass is 32.1. The van der Waals surface area contributed by atoms with Gasteiger partial charge < -0.3 is 5.32 Å². The highest BCUT2D eigenvalue weighted by Gasteiger charge is 2.24. The Bertz CT molecular complexity index is 277. The van der Waals surface area contributed by atoms with Crippen LogP contribution in [0.4, 0.5) is 0 Å². The van der Waals surface area contributed by atoms with Gasteiger partial charge in [-0.1, -0.05) is 6.42 Å². The molecule has 0 aromatic carbocycles. The fourth-order valence-electron chi connectivity index (χ4n) is 1.40. The van der Waals surface area contributed by atoms with E-state index in [1.807, 2.05) is 11.4 Å². The summed E-state index contributed by atoms with van der Waals surface area (Å²) in [6.45, 7) is 0.693. The third-order valence-corrected chi connectivity index (χ3v) is 3.25. The van der Waals surface area contributed by atoms with E-state index in [0.717, 1.165) is 12.8 Å². The van der Waals surface area contributed by atoms with Gasteiger partial charge in [0.2, 0.25) is 5.91 Å². The summed E-state index contributed by atoms with van der Waals surface area (Å²) in [4.78, 5) is 11.4. The summed E-state index contributed by atoms with van der Waals surface area (Å²) in [5, 5.41) is 7.06. The van der Waals surface area contributed by atoms with Gasteiger partial charge in [0, 0.05) is 12.5 Å². The zero-order valence-electron chi connectivity index (χ0n) is 7.45. The maximum atomic E-state index is 11.4. The van der Waals surface area contributed by atoms with E-state index in [4.69, 9.17) is 0 Å². The molecule has 2 nitrogen and oxygen atoms in total. The van der Waals surface area contributed by atoms with E-state index in [1.54, 1.807) is 11.3 Å². The van der Waals surface area contributed by atoms with E-state index in [2.05, 4.69) is 10.7 Å². The Hall–Kier alpha value is -0.830. The van der Waals surface area contributed by atoms with Crippen LogP contribution in [-0.2, 0) is 11.3 Å². The van der Waals surface area contributed by atoms with E-state index >= 15 is 0 Å². The van der Waals surface area contributed by atoms with E-state index in [1.165, 1.54) is 12.0 Å². The van der Waals surface area contributed by atoms with E-state index in [9.17, 15) is 4.79 Å². The van der Waals surface area contributed by atoms with Crippen LogP contribution in [-0.4, -0.2) is 5.91 Å². The van der Waals surface area contributed by atoms with E-state index < -0.39 is 0 Å². The van der Waals surface area contributed by atoms with Crippen LogP contribution in [0.2, 0.25) is 0 Å². The molecule has 2 rings (SSSR count). The first-order valence-electron chi connectivity index (χ1n) is 4.65. The fraction of sp³-hybridized carbons (Fsp3) is 0.500. The van der Waals surface area contributed by atoms with Gasteiger partial charge in [-0.25, -0.2) is 0 Å². The molecule has 70 valence electrons. The average molecular weight is 195 g/mol. The van der Waals surface area contributed by atoms with E-state index in [0.29, 0.717) is 12.5 Å². The zero-order chi connectivity index (χ0) is 9.10. The topological polar surface area (TPSA) is 29.1 Å². The Kier molecular flexibility index (Phi) is 2.64. The SMILES string of the molecule is O=C(NCc1ccsc1)C1CCC1. The van der Waals surface area contributed by atoms with Crippen LogP contribution < -0.4 is 5.32 Å². The lowest BCUT2D eigenvalue weighted by Gasteiger charge is -2.23. The van der Waals surface area contributed by atoms with Crippen molar-refractivity contribution >= 4 is 17.2 Å². The lowest BCUT2D eigenvalue weighted by Crippen LogP contribution is -2.33. The normalized spacial score (nSPS) is 16.6. The molecule has 1 aromatic heterocycles. The first kappa shape index (κ1) is 8.75. The molecule has 1 heterocycles. The van der Waals surface area contributed by atoms with Crippen molar-refractivity contribution in [1.29, 1.82) is 0 Å². The lowest BCUT2D eigenvalue weighted by molar-refractivity contribution is -0.127. The average Bonchev–Trinajstić information content (AvgIpc) is 2.49. The van der Waals surface area contributed by atoms with Crippen LogP contribution >= 0.6 is 11.3 Å². The first-order valence-corrected chi connectivity index (χ1v) is 5.59. The minimum absolute atomic E-state index is 0.234. The third-order valence-electron chi connectivity index (χ3n) is 2.52. The Labute approximate surface area is 82.0 Å². The van der Waals surface area contributed by atoms with Gasteiger partial charge >= 0.3 is 0 Å². The Morgan fingerprint density at radius 2 is 2.46 bits per heavy atom. The molecule has 0 radical (unpaired) electrons. The van der Waals surface area contributed by atoms with Gasteiger partial charge in [-0.15, -0.1) is 0 Å². The summed E-state index contributed by atoms with van der Waals surface area (Å²) < 4.78 is 0. The number of rotatable bonds is 3. The van der Waals surface area contributed by atoms with Crippen molar-refractivity contribution in [2.75, 3.05) is 0 Å². The predicted molar refractivity (Wildman–Crippen MR) is 53.5 cm³/mol. The van der Waals surface area contributed by atoms with Crippen molar-refractivity contribution in [3.8, 4) is 0 Å². The number of amides is 1. The number of hydrogen-bond acceptors (Lipinski definition) is 2. The van der Waals surface area contributed by atoms with Crippen molar-refractivity contribution in [2.24, 2.45) is 5.92 Å². The second kappa shape index (κ2) is 3.92. The molecule has 0 aliphatic heterocycles. The quantitative estimate of drug-likeness (QED) is 0.786. The smallest absolute Gasteiger partial charge is 0.223 e. The summed E-state index contributed by atoms with van der Waals surface area (Å²) in [5.74, 6) is 0.538. The summed E-state index contributed by atoms with van der Waals surface area (Å²) in [6.07, 6.45) is 3.38. The van der Waals surface area contributed by atoms with Gasteiger partial charge in [0.25, 0.3) is 0 Å². The summed E-state index contributed by atoms with van der Waals surface area (Å²) >= 11 is 1.67. The van der Waals surface area contributed by atoms with Crippen LogP contribution in [0, 0.1) is 5.92 Å². The minimum atomic E-state index is 0.234. The highest BCUT2D eigenvalue weighted by molar-refractivity contribution is 7.07. The largest absolute Gasteiger partial charge is 0.352 e. The van der Waals surface area contributed by atoms with Crippen molar-refractivity contribution in [3.05, 3.63) is 22.4 Å². The van der Waals surface area contributed by atoms with Crippen molar-refractivity contribution in [3.63, 3.8) is 0 Å². The molecule has 0 spiro atoms. The van der Waals surface area contributed by atoms with Crippen molar-refractivity contribution in [2.45, 2.75) is 25.8 Å². The molecule has 13 heavy (non-hydrogen) atoms. The Balaban J connectivity index is 1.76. The van der Waals surface area contributed by atoms with Crippen LogP contribution in [0.25, 0.3) is 0 Å². The molecule has 0 bridgehead atoms. The Morgan fingerprint density at radius 1 is 1.62 bits per heavy atom. The maximum absolute atomic E-state index is 11.4. The molecular weight excluding hydrogens is 182 g/mol. The monoisotopic (exact) mass is 195 g/mol. The number of hydrogen-bond donors (Lipinski definition) is 1. The third kappa shape index (κ3) is 2.10. The molecule has 1 aromatic rings. The molecule has 3 heteroatoms. The second-order valence-electron chi connectivity index (χ2n) is 3.48. The molecular formula is C10H13NOS. The number of thiophene rings is 1. The van der Waals surface area contributed by atoms with Gasteiger partial charge in [-0.2, -0.15) is 11.3 Å². The van der Waals surface area contributed by atoms with Crippen LogP contribution in [0.15, 0.2) is 16.8 Å². The standard InChI is InChI=1S/C10H13NOS/c12-10(9-2-1-3-9)11-6-8-4-5-13-7-8/h4-5,7,9H,1-3,6H2,(H,11,12). The van der Waals surface area contributed by atoms with Gasteiger partial charge in [0.1, 0.15) is 0 Å². The van der Waals surface area contributed by atoms with Gasteiger partial charge in [-0.3, -0.25) is 4.79 Å². The molecule has 0 saturated heterocycles. The zero-order valence-corrected chi connectivity index (χ0v) is 8.27. The van der Waals surface area contributed by atoms with Gasteiger partial charge in [-0.05, 0) is 35.2 Å². The van der Waals surface area contributed by atoms with Crippen LogP contribution in [0.5, 0.6) is 0 Å². The van der Waals surface area contributed by atoms with Gasteiger partial charge in [0.05, 0.1) is 0 Å². The number of carbonyl (C=O) groups excluding carboxylic acids is 1. The molecule has 0 unspecified atom stereocenters. The first-order chi connectivity index (χ1) is 6.36. The fourth-order valence-corrected chi connectivity index (χ4v) is 2.07. The lowest BCUT2D eigenvalue weighted by atomic mass is 9.85. The summed E-state index contributed by atoms with van der Waals surface area (Å²) in [5.41, 5.74) is 1.21. The molecule has 0 atom stereocenters. The van der Waals surface area contributed by atoms with E-state index in [-0.39, 0.29) is 5.91 Å². The summed E-state index contributed by atoms with van der Waals surface area (Å²) in [7, 11) is 0.